The maximum absolute atomic E-state index is 5.96. The SMILES string of the molecule is CN=C(NCc1cccc(-c2ncn[nH]2)c1)NCc1ccc(C)cc1OC(C)C. The lowest BCUT2D eigenvalue weighted by Gasteiger charge is -2.17. The topological polar surface area (TPSA) is 87.2 Å². The van der Waals surface area contributed by atoms with Crippen LogP contribution in [0.3, 0.4) is 0 Å². The number of hydrogen-bond donors (Lipinski definition) is 3. The molecule has 0 unspecified atom stereocenters. The van der Waals surface area contributed by atoms with Crippen molar-refractivity contribution in [3.63, 3.8) is 0 Å². The van der Waals surface area contributed by atoms with E-state index in [0.29, 0.717) is 13.1 Å². The summed E-state index contributed by atoms with van der Waals surface area (Å²) in [6, 6.07) is 14.4. The molecule has 152 valence electrons. The first kappa shape index (κ1) is 20.4. The molecule has 0 amide bonds. The van der Waals surface area contributed by atoms with Crippen molar-refractivity contribution in [2.75, 3.05) is 7.05 Å². The number of ether oxygens (including phenoxy) is 1. The monoisotopic (exact) mass is 392 g/mol. The number of aliphatic imine (C=N–C) groups is 1. The molecular weight excluding hydrogens is 364 g/mol. The number of rotatable bonds is 7. The van der Waals surface area contributed by atoms with Crippen LogP contribution in [0.25, 0.3) is 11.4 Å². The quantitative estimate of drug-likeness (QED) is 0.424. The number of nitrogens with zero attached hydrogens (tertiary/aromatic N) is 3. The third-order valence-corrected chi connectivity index (χ3v) is 4.33. The van der Waals surface area contributed by atoms with Gasteiger partial charge in [0, 0.05) is 31.3 Å². The molecule has 0 radical (unpaired) electrons. The van der Waals surface area contributed by atoms with Crippen LogP contribution in [0.5, 0.6) is 5.75 Å². The zero-order chi connectivity index (χ0) is 20.6. The van der Waals surface area contributed by atoms with Gasteiger partial charge < -0.3 is 15.4 Å². The van der Waals surface area contributed by atoms with Gasteiger partial charge in [-0.05, 0) is 44.0 Å². The number of benzene rings is 2. The van der Waals surface area contributed by atoms with E-state index in [9.17, 15) is 0 Å². The Morgan fingerprint density at radius 3 is 2.69 bits per heavy atom. The second-order valence-corrected chi connectivity index (χ2v) is 7.09. The van der Waals surface area contributed by atoms with E-state index in [4.69, 9.17) is 4.74 Å². The molecular formula is C22H28N6O. The van der Waals surface area contributed by atoms with Crippen molar-refractivity contribution >= 4 is 5.96 Å². The first-order valence-electron chi connectivity index (χ1n) is 9.70. The highest BCUT2D eigenvalue weighted by Gasteiger charge is 2.08. The van der Waals surface area contributed by atoms with Gasteiger partial charge in [0.2, 0.25) is 0 Å². The van der Waals surface area contributed by atoms with Crippen LogP contribution in [0.4, 0.5) is 0 Å². The predicted octanol–water partition coefficient (Wildman–Crippen LogP) is 3.43. The van der Waals surface area contributed by atoms with Crippen molar-refractivity contribution in [1.82, 2.24) is 25.8 Å². The van der Waals surface area contributed by atoms with Crippen LogP contribution in [0.2, 0.25) is 0 Å². The molecule has 7 heteroatoms. The van der Waals surface area contributed by atoms with Gasteiger partial charge in [-0.15, -0.1) is 0 Å². The van der Waals surface area contributed by atoms with Crippen LogP contribution in [0.1, 0.15) is 30.5 Å². The van der Waals surface area contributed by atoms with Crippen LogP contribution in [-0.2, 0) is 13.1 Å². The molecule has 0 aliphatic carbocycles. The summed E-state index contributed by atoms with van der Waals surface area (Å²) >= 11 is 0. The Morgan fingerprint density at radius 2 is 1.97 bits per heavy atom. The van der Waals surface area contributed by atoms with Crippen molar-refractivity contribution < 1.29 is 4.74 Å². The largest absolute Gasteiger partial charge is 0.491 e. The van der Waals surface area contributed by atoms with Crippen molar-refractivity contribution in [3.05, 3.63) is 65.5 Å². The lowest BCUT2D eigenvalue weighted by molar-refractivity contribution is 0.239. The summed E-state index contributed by atoms with van der Waals surface area (Å²) < 4.78 is 5.96. The fourth-order valence-corrected chi connectivity index (χ4v) is 2.93. The second kappa shape index (κ2) is 9.73. The van der Waals surface area contributed by atoms with Crippen molar-refractivity contribution in [2.24, 2.45) is 4.99 Å². The summed E-state index contributed by atoms with van der Waals surface area (Å²) in [7, 11) is 1.76. The Kier molecular flexibility index (Phi) is 6.84. The van der Waals surface area contributed by atoms with E-state index in [1.165, 1.54) is 11.9 Å². The average molecular weight is 393 g/mol. The molecule has 29 heavy (non-hydrogen) atoms. The minimum atomic E-state index is 0.129. The van der Waals surface area contributed by atoms with Gasteiger partial charge >= 0.3 is 0 Å². The third kappa shape index (κ3) is 5.81. The molecule has 0 aliphatic heterocycles. The molecule has 3 rings (SSSR count). The molecule has 3 aromatic rings. The minimum Gasteiger partial charge on any atom is -0.491 e. The van der Waals surface area contributed by atoms with E-state index in [1.54, 1.807) is 7.05 Å². The van der Waals surface area contributed by atoms with Crippen LogP contribution in [0.15, 0.2) is 53.8 Å². The van der Waals surface area contributed by atoms with E-state index in [1.807, 2.05) is 26.0 Å². The van der Waals surface area contributed by atoms with E-state index in [2.05, 4.69) is 68.1 Å². The number of hydrogen-bond acceptors (Lipinski definition) is 4. The van der Waals surface area contributed by atoms with Gasteiger partial charge in [-0.3, -0.25) is 10.1 Å². The van der Waals surface area contributed by atoms with Crippen molar-refractivity contribution in [1.29, 1.82) is 0 Å². The van der Waals surface area contributed by atoms with Crippen LogP contribution >= 0.6 is 0 Å². The normalized spacial score (nSPS) is 11.6. The maximum atomic E-state index is 5.96. The molecule has 1 heterocycles. The number of aromatic amines is 1. The smallest absolute Gasteiger partial charge is 0.191 e. The zero-order valence-corrected chi connectivity index (χ0v) is 17.4. The minimum absolute atomic E-state index is 0.129. The summed E-state index contributed by atoms with van der Waals surface area (Å²) in [5.41, 5.74) is 4.40. The molecule has 0 saturated carbocycles. The van der Waals surface area contributed by atoms with Crippen LogP contribution < -0.4 is 15.4 Å². The maximum Gasteiger partial charge on any atom is 0.191 e. The zero-order valence-electron chi connectivity index (χ0n) is 17.4. The lowest BCUT2D eigenvalue weighted by atomic mass is 10.1. The molecule has 0 aliphatic rings. The van der Waals surface area contributed by atoms with Gasteiger partial charge in [0.25, 0.3) is 0 Å². The average Bonchev–Trinajstić information content (AvgIpc) is 3.24. The summed E-state index contributed by atoms with van der Waals surface area (Å²) in [5, 5.41) is 13.5. The highest BCUT2D eigenvalue weighted by molar-refractivity contribution is 5.79. The molecule has 0 saturated heterocycles. The molecule has 0 spiro atoms. The summed E-state index contributed by atoms with van der Waals surface area (Å²) in [6.07, 6.45) is 1.64. The Hall–Kier alpha value is -3.35. The molecule has 1 aromatic heterocycles. The van der Waals surface area contributed by atoms with Gasteiger partial charge in [-0.2, -0.15) is 5.10 Å². The number of aryl methyl sites for hydroxylation is 1. The molecule has 7 nitrogen and oxygen atoms in total. The van der Waals surface area contributed by atoms with E-state index in [-0.39, 0.29) is 6.10 Å². The van der Waals surface area contributed by atoms with Gasteiger partial charge in [0.1, 0.15) is 12.1 Å². The van der Waals surface area contributed by atoms with Crippen molar-refractivity contribution in [3.8, 4) is 17.1 Å². The number of nitrogens with one attached hydrogen (secondary N) is 3. The second-order valence-electron chi connectivity index (χ2n) is 7.09. The Labute approximate surface area is 171 Å². The lowest BCUT2D eigenvalue weighted by Crippen LogP contribution is -2.36. The van der Waals surface area contributed by atoms with E-state index < -0.39 is 0 Å². The molecule has 0 atom stereocenters. The standard InChI is InChI=1S/C22H28N6O/c1-15(2)29-20-10-16(3)8-9-19(20)13-25-22(23-4)24-12-17-6-5-7-18(11-17)21-26-14-27-28-21/h5-11,14-15H,12-13H2,1-4H3,(H2,23,24,25)(H,26,27,28). The number of guanidine groups is 1. The number of H-pyrrole nitrogens is 1. The Bertz CT molecular complexity index is 950. The van der Waals surface area contributed by atoms with E-state index in [0.717, 1.165) is 34.2 Å². The molecule has 3 N–H and O–H groups in total. The number of aromatic nitrogens is 3. The predicted molar refractivity (Wildman–Crippen MR) is 116 cm³/mol. The Balaban J connectivity index is 1.60. The Morgan fingerprint density at radius 1 is 1.14 bits per heavy atom. The van der Waals surface area contributed by atoms with E-state index >= 15 is 0 Å². The summed E-state index contributed by atoms with van der Waals surface area (Å²) in [6.45, 7) is 7.41. The van der Waals surface area contributed by atoms with Crippen LogP contribution in [0, 0.1) is 6.92 Å². The highest BCUT2D eigenvalue weighted by Crippen LogP contribution is 2.21. The summed E-state index contributed by atoms with van der Waals surface area (Å²) in [5.74, 6) is 2.39. The summed E-state index contributed by atoms with van der Waals surface area (Å²) in [4.78, 5) is 8.53. The molecule has 2 aromatic carbocycles. The molecule has 0 bridgehead atoms. The molecule has 0 fully saturated rings. The van der Waals surface area contributed by atoms with Crippen LogP contribution in [-0.4, -0.2) is 34.3 Å². The first-order valence-corrected chi connectivity index (χ1v) is 9.70. The highest BCUT2D eigenvalue weighted by atomic mass is 16.5. The first-order chi connectivity index (χ1) is 14.0. The third-order valence-electron chi connectivity index (χ3n) is 4.33. The van der Waals surface area contributed by atoms with Gasteiger partial charge in [-0.1, -0.05) is 30.3 Å². The van der Waals surface area contributed by atoms with Gasteiger partial charge in [0.15, 0.2) is 11.8 Å². The van der Waals surface area contributed by atoms with Gasteiger partial charge in [-0.25, -0.2) is 4.98 Å². The van der Waals surface area contributed by atoms with Gasteiger partial charge in [0.05, 0.1) is 6.10 Å². The van der Waals surface area contributed by atoms with Crippen molar-refractivity contribution in [2.45, 2.75) is 40.0 Å². The fourth-order valence-electron chi connectivity index (χ4n) is 2.93. The fraction of sp³-hybridized carbons (Fsp3) is 0.318.